The molecule has 1 aliphatic rings. The Hall–Kier alpha value is -0.550. The van der Waals surface area contributed by atoms with Gasteiger partial charge in [-0.2, -0.15) is 13.2 Å². The first-order valence-corrected chi connectivity index (χ1v) is 7.61. The minimum Gasteiger partial charge on any atom is -0.313 e. The van der Waals surface area contributed by atoms with Crippen molar-refractivity contribution in [1.29, 1.82) is 0 Å². The van der Waals surface area contributed by atoms with Gasteiger partial charge in [0.25, 0.3) is 0 Å². The third kappa shape index (κ3) is 3.14. The topological polar surface area (TPSA) is 12.0 Å². The number of halogens is 3. The summed E-state index contributed by atoms with van der Waals surface area (Å²) in [6.45, 7) is 1.98. The van der Waals surface area contributed by atoms with Gasteiger partial charge in [0.05, 0.1) is 5.92 Å². The second kappa shape index (κ2) is 5.83. The van der Waals surface area contributed by atoms with Crippen molar-refractivity contribution in [3.05, 3.63) is 21.9 Å². The summed E-state index contributed by atoms with van der Waals surface area (Å²) in [5.41, 5.74) is 1.04. The van der Waals surface area contributed by atoms with E-state index in [4.69, 9.17) is 0 Å². The molecule has 1 aromatic heterocycles. The zero-order chi connectivity index (χ0) is 14.0. The van der Waals surface area contributed by atoms with E-state index in [1.54, 1.807) is 18.4 Å². The molecular weight excluding hydrogens is 271 g/mol. The average molecular weight is 291 g/mol. The molecular formula is C14H20F3NS. The van der Waals surface area contributed by atoms with Crippen molar-refractivity contribution in [2.75, 3.05) is 7.05 Å². The molecule has 0 amide bonds. The maximum atomic E-state index is 13.2. The molecule has 0 radical (unpaired) electrons. The maximum Gasteiger partial charge on any atom is 0.392 e. The molecule has 3 atom stereocenters. The highest BCUT2D eigenvalue weighted by molar-refractivity contribution is 7.10. The molecule has 1 N–H and O–H groups in total. The highest BCUT2D eigenvalue weighted by atomic mass is 32.1. The lowest BCUT2D eigenvalue weighted by Gasteiger charge is -2.38. The van der Waals surface area contributed by atoms with E-state index in [0.717, 1.165) is 16.9 Å². The first-order chi connectivity index (χ1) is 8.95. The van der Waals surface area contributed by atoms with Crippen LogP contribution >= 0.6 is 11.3 Å². The van der Waals surface area contributed by atoms with E-state index in [1.165, 1.54) is 0 Å². The SMILES string of the molecule is CNC(c1ccsc1C)C1CCCCC1C(F)(F)F. The number of thiophene rings is 1. The molecule has 5 heteroatoms. The van der Waals surface area contributed by atoms with Crippen LogP contribution < -0.4 is 5.32 Å². The van der Waals surface area contributed by atoms with Gasteiger partial charge in [-0.05, 0) is 49.7 Å². The molecule has 108 valence electrons. The predicted octanol–water partition coefficient (Wildman–Crippen LogP) is 4.69. The van der Waals surface area contributed by atoms with Gasteiger partial charge >= 0.3 is 6.18 Å². The quantitative estimate of drug-likeness (QED) is 0.852. The second-order valence-electron chi connectivity index (χ2n) is 5.29. The average Bonchev–Trinajstić information content (AvgIpc) is 2.76. The molecule has 1 aromatic rings. The molecule has 0 saturated heterocycles. The lowest BCUT2D eigenvalue weighted by molar-refractivity contribution is -0.199. The van der Waals surface area contributed by atoms with Crippen molar-refractivity contribution >= 4 is 11.3 Å². The number of hydrogen-bond acceptors (Lipinski definition) is 2. The fourth-order valence-corrected chi connectivity index (χ4v) is 4.03. The second-order valence-corrected chi connectivity index (χ2v) is 6.42. The maximum absolute atomic E-state index is 13.2. The highest BCUT2D eigenvalue weighted by Crippen LogP contribution is 2.47. The van der Waals surface area contributed by atoms with Crippen molar-refractivity contribution in [1.82, 2.24) is 5.32 Å². The molecule has 1 fully saturated rings. The van der Waals surface area contributed by atoms with Crippen molar-refractivity contribution in [3.63, 3.8) is 0 Å². The van der Waals surface area contributed by atoms with E-state index in [-0.39, 0.29) is 18.4 Å². The smallest absolute Gasteiger partial charge is 0.313 e. The fourth-order valence-electron chi connectivity index (χ4n) is 3.28. The number of alkyl halides is 3. The summed E-state index contributed by atoms with van der Waals surface area (Å²) in [5, 5.41) is 5.08. The van der Waals surface area contributed by atoms with Crippen LogP contribution in [0.4, 0.5) is 13.2 Å². The van der Waals surface area contributed by atoms with Crippen molar-refractivity contribution < 1.29 is 13.2 Å². The number of nitrogens with one attached hydrogen (secondary N) is 1. The summed E-state index contributed by atoms with van der Waals surface area (Å²) in [4.78, 5) is 1.12. The molecule has 3 unspecified atom stereocenters. The van der Waals surface area contributed by atoms with E-state index >= 15 is 0 Å². The van der Waals surface area contributed by atoms with Gasteiger partial charge < -0.3 is 5.32 Å². The van der Waals surface area contributed by atoms with Crippen molar-refractivity contribution in [3.8, 4) is 0 Å². The third-order valence-corrected chi connectivity index (χ3v) is 5.07. The van der Waals surface area contributed by atoms with Gasteiger partial charge in [0.15, 0.2) is 0 Å². The Labute approximate surface area is 116 Å². The van der Waals surface area contributed by atoms with E-state index in [2.05, 4.69) is 5.32 Å². The Bertz CT molecular complexity index is 413. The van der Waals surface area contributed by atoms with Crippen LogP contribution in [-0.2, 0) is 0 Å². The Morgan fingerprint density at radius 1 is 1.32 bits per heavy atom. The summed E-state index contributed by atoms with van der Waals surface area (Å²) < 4.78 is 39.6. The minimum atomic E-state index is -4.08. The van der Waals surface area contributed by atoms with Crippen LogP contribution in [0.2, 0.25) is 0 Å². The van der Waals surface area contributed by atoms with Crippen LogP contribution in [0.3, 0.4) is 0 Å². The molecule has 0 aromatic carbocycles. The predicted molar refractivity (Wildman–Crippen MR) is 72.4 cm³/mol. The summed E-state index contributed by atoms with van der Waals surface area (Å²) in [5.74, 6) is -1.51. The molecule has 0 aliphatic heterocycles. The normalized spacial score (nSPS) is 26.4. The van der Waals surface area contributed by atoms with E-state index in [1.807, 2.05) is 18.4 Å². The monoisotopic (exact) mass is 291 g/mol. The lowest BCUT2D eigenvalue weighted by atomic mass is 9.73. The highest BCUT2D eigenvalue weighted by Gasteiger charge is 2.48. The molecule has 0 spiro atoms. The Kier molecular flexibility index (Phi) is 4.56. The first kappa shape index (κ1) is 14.9. The van der Waals surface area contributed by atoms with E-state index in [9.17, 15) is 13.2 Å². The minimum absolute atomic E-state index is 0.182. The van der Waals surface area contributed by atoms with E-state index in [0.29, 0.717) is 12.8 Å². The molecule has 1 heterocycles. The third-order valence-electron chi connectivity index (χ3n) is 4.21. The largest absolute Gasteiger partial charge is 0.392 e. The zero-order valence-electron chi connectivity index (χ0n) is 11.3. The summed E-state index contributed by atoms with van der Waals surface area (Å²) >= 11 is 1.60. The van der Waals surface area contributed by atoms with Crippen LogP contribution in [0.5, 0.6) is 0 Å². The summed E-state index contributed by atoms with van der Waals surface area (Å²) in [7, 11) is 1.77. The molecule has 19 heavy (non-hydrogen) atoms. The van der Waals surface area contributed by atoms with Gasteiger partial charge in [0.2, 0.25) is 0 Å². The molecule has 0 bridgehead atoms. The first-order valence-electron chi connectivity index (χ1n) is 6.73. The van der Waals surface area contributed by atoms with Gasteiger partial charge in [-0.3, -0.25) is 0 Å². The van der Waals surface area contributed by atoms with Gasteiger partial charge in [0.1, 0.15) is 0 Å². The number of hydrogen-bond donors (Lipinski definition) is 1. The van der Waals surface area contributed by atoms with Crippen LogP contribution in [0, 0.1) is 18.8 Å². The zero-order valence-corrected chi connectivity index (χ0v) is 12.1. The van der Waals surface area contributed by atoms with Gasteiger partial charge in [-0.15, -0.1) is 11.3 Å². The summed E-state index contributed by atoms with van der Waals surface area (Å²) in [6.07, 6.45) is -1.55. The van der Waals surface area contributed by atoms with Crippen LogP contribution in [-0.4, -0.2) is 13.2 Å². The Morgan fingerprint density at radius 2 is 2.00 bits per heavy atom. The van der Waals surface area contributed by atoms with Gasteiger partial charge in [0, 0.05) is 10.9 Å². The number of aryl methyl sites for hydroxylation is 1. The molecule has 1 nitrogen and oxygen atoms in total. The van der Waals surface area contributed by atoms with Crippen molar-refractivity contribution in [2.45, 2.75) is 44.8 Å². The molecule has 1 aliphatic carbocycles. The molecule has 1 saturated carbocycles. The Morgan fingerprint density at radius 3 is 2.53 bits per heavy atom. The Balaban J connectivity index is 2.27. The van der Waals surface area contributed by atoms with E-state index < -0.39 is 12.1 Å². The van der Waals surface area contributed by atoms with Crippen molar-refractivity contribution in [2.24, 2.45) is 11.8 Å². The fraction of sp³-hybridized carbons (Fsp3) is 0.714. The van der Waals surface area contributed by atoms with Gasteiger partial charge in [-0.1, -0.05) is 12.8 Å². The lowest BCUT2D eigenvalue weighted by Crippen LogP contribution is -2.40. The molecule has 2 rings (SSSR count). The number of rotatable bonds is 3. The standard InChI is InChI=1S/C14H20F3NS/c1-9-10(7-8-19-9)13(18-2)11-5-3-4-6-12(11)14(15,16)17/h7-8,11-13,18H,3-6H2,1-2H3. The van der Waals surface area contributed by atoms with Crippen LogP contribution in [0.1, 0.15) is 42.2 Å². The van der Waals surface area contributed by atoms with Crippen LogP contribution in [0.15, 0.2) is 11.4 Å². The summed E-state index contributed by atoms with van der Waals surface area (Å²) in [6, 6.07) is 1.78. The van der Waals surface area contributed by atoms with Crippen LogP contribution in [0.25, 0.3) is 0 Å². The van der Waals surface area contributed by atoms with Gasteiger partial charge in [-0.25, -0.2) is 0 Å².